The Kier molecular flexibility index (Phi) is 7.01. The van der Waals surface area contributed by atoms with Gasteiger partial charge in [0.25, 0.3) is 5.91 Å². The third-order valence-electron chi connectivity index (χ3n) is 5.05. The van der Waals surface area contributed by atoms with E-state index in [1.54, 1.807) is 18.2 Å². The van der Waals surface area contributed by atoms with Gasteiger partial charge in [-0.3, -0.25) is 9.20 Å². The molecule has 8 nitrogen and oxygen atoms in total. The van der Waals surface area contributed by atoms with E-state index in [0.29, 0.717) is 17.9 Å². The molecule has 0 saturated heterocycles. The zero-order valence-electron chi connectivity index (χ0n) is 17.7. The number of carbonyl (C=O) groups is 1. The van der Waals surface area contributed by atoms with Crippen molar-refractivity contribution in [3.63, 3.8) is 0 Å². The Bertz CT molecular complexity index is 1170. The summed E-state index contributed by atoms with van der Waals surface area (Å²) in [6.07, 6.45) is 3.19. The summed E-state index contributed by atoms with van der Waals surface area (Å²) < 4.78 is 42.9. The molecule has 0 fully saturated rings. The van der Waals surface area contributed by atoms with Crippen LogP contribution in [0.5, 0.6) is 0 Å². The van der Waals surface area contributed by atoms with Crippen LogP contribution in [0.15, 0.2) is 47.5 Å². The fourth-order valence-corrected chi connectivity index (χ4v) is 4.99. The third kappa shape index (κ3) is 4.59. The number of fused-ring (bicyclic) bond motifs is 1. The molecule has 166 valence electrons. The van der Waals surface area contributed by atoms with Crippen LogP contribution in [0.25, 0.3) is 5.65 Å². The summed E-state index contributed by atoms with van der Waals surface area (Å²) in [6, 6.07) is 8.42. The Morgan fingerprint density at radius 1 is 1.16 bits per heavy atom. The molecule has 1 unspecified atom stereocenters. The van der Waals surface area contributed by atoms with Crippen molar-refractivity contribution in [1.82, 2.24) is 24.2 Å². The summed E-state index contributed by atoms with van der Waals surface area (Å²) in [5, 5.41) is 11.2. The maximum absolute atomic E-state index is 14.4. The number of sulfonamides is 1. The van der Waals surface area contributed by atoms with Gasteiger partial charge in [0.2, 0.25) is 10.0 Å². The van der Waals surface area contributed by atoms with Crippen molar-refractivity contribution in [2.45, 2.75) is 44.6 Å². The molecule has 0 bridgehead atoms. The van der Waals surface area contributed by atoms with Crippen molar-refractivity contribution < 1.29 is 17.6 Å². The quantitative estimate of drug-likeness (QED) is 0.543. The predicted molar refractivity (Wildman–Crippen MR) is 115 cm³/mol. The second-order valence-electron chi connectivity index (χ2n) is 7.04. The molecule has 2 heterocycles. The summed E-state index contributed by atoms with van der Waals surface area (Å²) >= 11 is 0. The summed E-state index contributed by atoms with van der Waals surface area (Å²) in [4.78, 5) is 12.5. The largest absolute Gasteiger partial charge is 0.342 e. The van der Waals surface area contributed by atoms with Crippen LogP contribution < -0.4 is 5.32 Å². The standard InChI is InChI=1S/C21H26FN5O3S/c1-4-9-17(20-25-24-19-10-7-8-13-27(19)20)23-21(28)15-11-12-16(22)18(14-15)31(29,30)26(5-2)6-3/h7-8,10-14,17H,4-6,9H2,1-3H3,(H,23,28). The normalized spacial score (nSPS) is 12.9. The maximum Gasteiger partial charge on any atom is 0.251 e. The Hall–Kier alpha value is -2.85. The summed E-state index contributed by atoms with van der Waals surface area (Å²) in [6.45, 7) is 5.73. The van der Waals surface area contributed by atoms with Gasteiger partial charge in [-0.25, -0.2) is 12.8 Å². The maximum atomic E-state index is 14.4. The Balaban J connectivity index is 1.93. The zero-order valence-corrected chi connectivity index (χ0v) is 18.6. The van der Waals surface area contributed by atoms with Gasteiger partial charge in [-0.15, -0.1) is 10.2 Å². The van der Waals surface area contributed by atoms with E-state index in [2.05, 4.69) is 15.5 Å². The van der Waals surface area contributed by atoms with Crippen LogP contribution in [0.2, 0.25) is 0 Å². The van der Waals surface area contributed by atoms with Crippen LogP contribution in [0.1, 0.15) is 55.8 Å². The minimum atomic E-state index is -4.05. The van der Waals surface area contributed by atoms with Crippen LogP contribution >= 0.6 is 0 Å². The summed E-state index contributed by atoms with van der Waals surface area (Å²) in [5.41, 5.74) is 0.712. The lowest BCUT2D eigenvalue weighted by molar-refractivity contribution is 0.0932. The lowest BCUT2D eigenvalue weighted by atomic mass is 10.1. The number of nitrogens with zero attached hydrogens (tertiary/aromatic N) is 4. The van der Waals surface area contributed by atoms with Gasteiger partial charge in [0.1, 0.15) is 10.7 Å². The van der Waals surface area contributed by atoms with Crippen molar-refractivity contribution in [1.29, 1.82) is 0 Å². The van der Waals surface area contributed by atoms with Gasteiger partial charge in [0, 0.05) is 24.8 Å². The molecule has 0 aliphatic heterocycles. The summed E-state index contributed by atoms with van der Waals surface area (Å²) in [5.74, 6) is -0.831. The van der Waals surface area contributed by atoms with E-state index in [9.17, 15) is 17.6 Å². The van der Waals surface area contributed by atoms with Gasteiger partial charge in [0.05, 0.1) is 6.04 Å². The fraction of sp³-hybridized carbons (Fsp3) is 0.381. The van der Waals surface area contributed by atoms with Crippen LogP contribution in [-0.2, 0) is 10.0 Å². The molecule has 0 radical (unpaired) electrons. The van der Waals surface area contributed by atoms with Crippen molar-refractivity contribution in [3.05, 3.63) is 59.8 Å². The van der Waals surface area contributed by atoms with Gasteiger partial charge in [-0.1, -0.05) is 33.3 Å². The van der Waals surface area contributed by atoms with Crippen LogP contribution in [0.3, 0.4) is 0 Å². The van der Waals surface area contributed by atoms with Gasteiger partial charge < -0.3 is 5.32 Å². The third-order valence-corrected chi connectivity index (χ3v) is 7.12. The van der Waals surface area contributed by atoms with Gasteiger partial charge in [-0.2, -0.15) is 4.31 Å². The van der Waals surface area contributed by atoms with E-state index < -0.39 is 32.7 Å². The number of hydrogen-bond acceptors (Lipinski definition) is 5. The van der Waals surface area contributed by atoms with Crippen LogP contribution in [0.4, 0.5) is 4.39 Å². The first-order chi connectivity index (χ1) is 14.8. The van der Waals surface area contributed by atoms with E-state index in [1.807, 2.05) is 31.3 Å². The lowest BCUT2D eigenvalue weighted by Gasteiger charge is -2.20. The molecule has 1 atom stereocenters. The van der Waals surface area contributed by atoms with Crippen LogP contribution in [-0.4, -0.2) is 46.3 Å². The topological polar surface area (TPSA) is 96.7 Å². The second-order valence-corrected chi connectivity index (χ2v) is 8.94. The SMILES string of the molecule is CCCC(NC(=O)c1ccc(F)c(S(=O)(=O)N(CC)CC)c1)c1nnc2ccccn12. The van der Waals surface area contributed by atoms with Gasteiger partial charge >= 0.3 is 0 Å². The van der Waals surface area contributed by atoms with Gasteiger partial charge in [0.15, 0.2) is 11.5 Å². The monoisotopic (exact) mass is 447 g/mol. The molecular formula is C21H26FN5O3S. The van der Waals surface area contributed by atoms with E-state index in [4.69, 9.17) is 0 Å². The highest BCUT2D eigenvalue weighted by molar-refractivity contribution is 7.89. The van der Waals surface area contributed by atoms with Crippen molar-refractivity contribution >= 4 is 21.6 Å². The molecule has 3 aromatic rings. The molecule has 0 aliphatic carbocycles. The molecule has 0 spiro atoms. The fourth-order valence-electron chi connectivity index (χ4n) is 3.44. The Morgan fingerprint density at radius 2 is 1.90 bits per heavy atom. The highest BCUT2D eigenvalue weighted by Gasteiger charge is 2.27. The Morgan fingerprint density at radius 3 is 2.58 bits per heavy atom. The van der Waals surface area contributed by atoms with Crippen molar-refractivity contribution in [2.24, 2.45) is 0 Å². The molecule has 1 aromatic carbocycles. The zero-order chi connectivity index (χ0) is 22.6. The first kappa shape index (κ1) is 22.8. The Labute approximate surface area is 181 Å². The highest BCUT2D eigenvalue weighted by atomic mass is 32.2. The average Bonchev–Trinajstić information content (AvgIpc) is 3.18. The van der Waals surface area contributed by atoms with Crippen LogP contribution in [0, 0.1) is 5.82 Å². The number of hydrogen-bond donors (Lipinski definition) is 1. The predicted octanol–water partition coefficient (Wildman–Crippen LogP) is 3.17. The van der Waals surface area contributed by atoms with E-state index >= 15 is 0 Å². The molecule has 0 aliphatic rings. The molecule has 3 rings (SSSR count). The van der Waals surface area contributed by atoms with Gasteiger partial charge in [-0.05, 0) is 36.8 Å². The average molecular weight is 448 g/mol. The summed E-state index contributed by atoms with van der Waals surface area (Å²) in [7, 11) is -4.05. The number of benzene rings is 1. The first-order valence-corrected chi connectivity index (χ1v) is 11.7. The molecule has 10 heteroatoms. The smallest absolute Gasteiger partial charge is 0.251 e. The second kappa shape index (κ2) is 9.52. The first-order valence-electron chi connectivity index (χ1n) is 10.2. The number of aromatic nitrogens is 3. The highest BCUT2D eigenvalue weighted by Crippen LogP contribution is 2.23. The van der Waals surface area contributed by atoms with Crippen molar-refractivity contribution in [3.8, 4) is 0 Å². The number of nitrogens with one attached hydrogen (secondary N) is 1. The van der Waals surface area contributed by atoms with E-state index in [0.717, 1.165) is 22.9 Å². The van der Waals surface area contributed by atoms with E-state index in [1.165, 1.54) is 6.07 Å². The molecule has 1 amide bonds. The molecule has 0 saturated carbocycles. The lowest BCUT2D eigenvalue weighted by Crippen LogP contribution is -2.32. The number of pyridine rings is 1. The van der Waals surface area contributed by atoms with E-state index in [-0.39, 0.29) is 18.7 Å². The van der Waals surface area contributed by atoms with Crippen molar-refractivity contribution in [2.75, 3.05) is 13.1 Å². The minimum Gasteiger partial charge on any atom is -0.342 e. The number of amides is 1. The molecule has 1 N–H and O–H groups in total. The number of halogens is 1. The molecule has 31 heavy (non-hydrogen) atoms. The molecular weight excluding hydrogens is 421 g/mol. The molecule has 2 aromatic heterocycles. The number of carbonyl (C=O) groups excluding carboxylic acids is 1. The minimum absolute atomic E-state index is 0.0575. The number of rotatable bonds is 9.